The molecule has 124 valence electrons. The van der Waals surface area contributed by atoms with Crippen LogP contribution in [-0.4, -0.2) is 45.3 Å². The Morgan fingerprint density at radius 1 is 1.23 bits per heavy atom. The van der Waals surface area contributed by atoms with Gasteiger partial charge in [-0.25, -0.2) is 0 Å². The van der Waals surface area contributed by atoms with Crippen LogP contribution in [0.4, 0.5) is 0 Å². The first-order valence-electron chi connectivity index (χ1n) is 6.83. The Balaban J connectivity index is 0.00000220. The highest BCUT2D eigenvalue weighted by atomic mass is 35.5. The molecular weight excluding hydrogens is 325 g/mol. The molecule has 0 aromatic heterocycles. The molecule has 1 atom stereocenters. The first kappa shape index (κ1) is 20.8. The summed E-state index contributed by atoms with van der Waals surface area (Å²) in [6.07, 6.45) is 0.448. The van der Waals surface area contributed by atoms with Gasteiger partial charge >= 0.3 is 0 Å². The van der Waals surface area contributed by atoms with Crippen LogP contribution in [0.5, 0.6) is 11.5 Å². The van der Waals surface area contributed by atoms with Crippen LogP contribution in [-0.2, 0) is 0 Å². The summed E-state index contributed by atoms with van der Waals surface area (Å²) >= 11 is 0. The SMILES string of the molecule is COc1ccc(OC)c([C@@H](CC#N)N2CCNCC2)c1.Cl.Cl. The molecule has 0 spiro atoms. The maximum absolute atomic E-state index is 9.15. The lowest BCUT2D eigenvalue weighted by molar-refractivity contribution is 0.172. The minimum absolute atomic E-state index is 0. The van der Waals surface area contributed by atoms with Crippen LogP contribution in [0.1, 0.15) is 18.0 Å². The quantitative estimate of drug-likeness (QED) is 0.886. The van der Waals surface area contributed by atoms with Crippen molar-refractivity contribution >= 4 is 24.8 Å². The summed E-state index contributed by atoms with van der Waals surface area (Å²) < 4.78 is 10.8. The van der Waals surface area contributed by atoms with E-state index in [1.54, 1.807) is 14.2 Å². The number of ether oxygens (including phenoxy) is 2. The number of rotatable bonds is 5. The summed E-state index contributed by atoms with van der Waals surface area (Å²) in [5, 5.41) is 12.5. The van der Waals surface area contributed by atoms with Gasteiger partial charge < -0.3 is 14.8 Å². The van der Waals surface area contributed by atoms with Gasteiger partial charge in [0, 0.05) is 31.7 Å². The Bertz CT molecular complexity index is 488. The van der Waals surface area contributed by atoms with Crippen molar-refractivity contribution in [3.63, 3.8) is 0 Å². The zero-order chi connectivity index (χ0) is 14.4. The molecule has 2 rings (SSSR count). The number of hydrogen-bond acceptors (Lipinski definition) is 5. The van der Waals surface area contributed by atoms with Crippen LogP contribution in [0.25, 0.3) is 0 Å². The minimum Gasteiger partial charge on any atom is -0.497 e. The highest BCUT2D eigenvalue weighted by Crippen LogP contribution is 2.34. The Hall–Kier alpha value is -1.19. The lowest BCUT2D eigenvalue weighted by atomic mass is 10.00. The van der Waals surface area contributed by atoms with Gasteiger partial charge in [0.05, 0.1) is 32.8 Å². The number of nitriles is 1. The molecular formula is C15H23Cl2N3O2. The van der Waals surface area contributed by atoms with Crippen LogP contribution in [0.15, 0.2) is 18.2 Å². The van der Waals surface area contributed by atoms with Gasteiger partial charge in [0.2, 0.25) is 0 Å². The summed E-state index contributed by atoms with van der Waals surface area (Å²) in [5.41, 5.74) is 1.02. The Kier molecular flexibility index (Phi) is 9.95. The first-order chi connectivity index (χ1) is 9.80. The Labute approximate surface area is 144 Å². The van der Waals surface area contributed by atoms with Gasteiger partial charge in [0.15, 0.2) is 0 Å². The van der Waals surface area contributed by atoms with E-state index in [0.29, 0.717) is 6.42 Å². The fourth-order valence-electron chi connectivity index (χ4n) is 2.62. The molecule has 1 aliphatic rings. The van der Waals surface area contributed by atoms with E-state index in [1.165, 1.54) is 0 Å². The second kappa shape index (κ2) is 10.5. The second-order valence-corrected chi connectivity index (χ2v) is 4.77. The molecule has 0 amide bonds. The predicted molar refractivity (Wildman–Crippen MR) is 91.5 cm³/mol. The van der Waals surface area contributed by atoms with Gasteiger partial charge in [-0.05, 0) is 18.2 Å². The van der Waals surface area contributed by atoms with Crippen LogP contribution in [0.3, 0.4) is 0 Å². The molecule has 0 radical (unpaired) electrons. The van der Waals surface area contributed by atoms with E-state index in [4.69, 9.17) is 14.7 Å². The molecule has 1 aliphatic heterocycles. The summed E-state index contributed by atoms with van der Waals surface area (Å²) in [4.78, 5) is 2.33. The van der Waals surface area contributed by atoms with E-state index in [9.17, 15) is 0 Å². The van der Waals surface area contributed by atoms with Crippen molar-refractivity contribution in [3.8, 4) is 17.6 Å². The number of benzene rings is 1. The van der Waals surface area contributed by atoms with Crippen LogP contribution in [0, 0.1) is 11.3 Å². The third-order valence-electron chi connectivity index (χ3n) is 3.67. The molecule has 1 aromatic rings. The molecule has 1 saturated heterocycles. The first-order valence-corrected chi connectivity index (χ1v) is 6.83. The normalized spacial score (nSPS) is 15.7. The number of nitrogens with zero attached hydrogens (tertiary/aromatic N) is 2. The number of halogens is 2. The summed E-state index contributed by atoms with van der Waals surface area (Å²) in [5.74, 6) is 1.60. The zero-order valence-electron chi connectivity index (χ0n) is 12.9. The Morgan fingerprint density at radius 3 is 2.45 bits per heavy atom. The van der Waals surface area contributed by atoms with Gasteiger partial charge in [-0.2, -0.15) is 5.26 Å². The van der Waals surface area contributed by atoms with Gasteiger partial charge in [-0.3, -0.25) is 4.90 Å². The van der Waals surface area contributed by atoms with Crippen molar-refractivity contribution in [2.75, 3.05) is 40.4 Å². The van der Waals surface area contributed by atoms with Crippen LogP contribution < -0.4 is 14.8 Å². The number of nitrogens with one attached hydrogen (secondary N) is 1. The summed E-state index contributed by atoms with van der Waals surface area (Å²) in [6, 6.07) is 8.10. The second-order valence-electron chi connectivity index (χ2n) is 4.77. The number of piperazine rings is 1. The van der Waals surface area contributed by atoms with Crippen molar-refractivity contribution in [1.82, 2.24) is 10.2 Å². The van der Waals surface area contributed by atoms with E-state index < -0.39 is 0 Å². The predicted octanol–water partition coefficient (Wildman–Crippen LogP) is 2.41. The van der Waals surface area contributed by atoms with E-state index in [0.717, 1.165) is 43.2 Å². The van der Waals surface area contributed by atoms with E-state index in [1.807, 2.05) is 18.2 Å². The maximum Gasteiger partial charge on any atom is 0.123 e. The van der Waals surface area contributed by atoms with Gasteiger partial charge in [-0.1, -0.05) is 0 Å². The number of methoxy groups -OCH3 is 2. The molecule has 0 unspecified atom stereocenters. The highest BCUT2D eigenvalue weighted by molar-refractivity contribution is 5.85. The average molecular weight is 348 g/mol. The Morgan fingerprint density at radius 2 is 1.91 bits per heavy atom. The van der Waals surface area contributed by atoms with Crippen molar-refractivity contribution in [2.45, 2.75) is 12.5 Å². The van der Waals surface area contributed by atoms with Crippen LogP contribution in [0.2, 0.25) is 0 Å². The van der Waals surface area contributed by atoms with Gasteiger partial charge in [0.1, 0.15) is 11.5 Å². The molecule has 0 bridgehead atoms. The van der Waals surface area contributed by atoms with Crippen LogP contribution >= 0.6 is 24.8 Å². The summed E-state index contributed by atoms with van der Waals surface area (Å²) in [7, 11) is 3.31. The standard InChI is InChI=1S/C15H21N3O2.2ClH/c1-19-12-3-4-15(20-2)13(11-12)14(5-6-16)18-9-7-17-8-10-18;;/h3-4,11,14,17H,5,7-10H2,1-2H3;2*1H/t14-;;/m1../s1. The molecule has 1 fully saturated rings. The van der Waals surface area contributed by atoms with E-state index in [2.05, 4.69) is 16.3 Å². The maximum atomic E-state index is 9.15. The zero-order valence-corrected chi connectivity index (χ0v) is 14.5. The minimum atomic E-state index is 0. The van der Waals surface area contributed by atoms with Crippen molar-refractivity contribution in [1.29, 1.82) is 5.26 Å². The molecule has 7 heteroatoms. The number of hydrogen-bond donors (Lipinski definition) is 1. The van der Waals surface area contributed by atoms with Gasteiger partial charge in [0.25, 0.3) is 0 Å². The fourth-order valence-corrected chi connectivity index (χ4v) is 2.62. The van der Waals surface area contributed by atoms with Crippen molar-refractivity contribution in [3.05, 3.63) is 23.8 Å². The molecule has 1 N–H and O–H groups in total. The molecule has 1 heterocycles. The third kappa shape index (κ3) is 4.92. The molecule has 22 heavy (non-hydrogen) atoms. The molecule has 5 nitrogen and oxygen atoms in total. The van der Waals surface area contributed by atoms with Crippen molar-refractivity contribution in [2.24, 2.45) is 0 Å². The molecule has 0 aliphatic carbocycles. The molecule has 0 saturated carbocycles. The van der Waals surface area contributed by atoms with Gasteiger partial charge in [-0.15, -0.1) is 24.8 Å². The lowest BCUT2D eigenvalue weighted by Gasteiger charge is -2.34. The van der Waals surface area contributed by atoms with Crippen molar-refractivity contribution < 1.29 is 9.47 Å². The molecule has 1 aromatic carbocycles. The average Bonchev–Trinajstić information content (AvgIpc) is 2.53. The van der Waals surface area contributed by atoms with E-state index in [-0.39, 0.29) is 30.9 Å². The lowest BCUT2D eigenvalue weighted by Crippen LogP contribution is -2.45. The highest BCUT2D eigenvalue weighted by Gasteiger charge is 2.25. The summed E-state index contributed by atoms with van der Waals surface area (Å²) in [6.45, 7) is 3.78. The topological polar surface area (TPSA) is 57.5 Å². The third-order valence-corrected chi connectivity index (χ3v) is 3.67. The van der Waals surface area contributed by atoms with E-state index >= 15 is 0 Å². The largest absolute Gasteiger partial charge is 0.497 e. The smallest absolute Gasteiger partial charge is 0.123 e. The monoisotopic (exact) mass is 347 g/mol. The fraction of sp³-hybridized carbons (Fsp3) is 0.533.